The van der Waals surface area contributed by atoms with Crippen molar-refractivity contribution in [1.29, 1.82) is 0 Å². The maximum absolute atomic E-state index is 14.7. The molecule has 4 heterocycles. The molecule has 1 saturated carbocycles. The lowest BCUT2D eigenvalue weighted by Gasteiger charge is -2.34. The largest absolute Gasteiger partial charge is 0.473 e. The molecule has 0 spiro atoms. The Morgan fingerprint density at radius 1 is 1.21 bits per heavy atom. The molecule has 1 aromatic carbocycles. The summed E-state index contributed by atoms with van der Waals surface area (Å²) in [5.41, 5.74) is 19.8. The Bertz CT molecular complexity index is 1670. The molecule has 1 aliphatic heterocycles. The van der Waals surface area contributed by atoms with E-state index in [2.05, 4.69) is 25.3 Å². The minimum atomic E-state index is -0.845. The highest BCUT2D eigenvalue weighted by atomic mass is 32.1. The van der Waals surface area contributed by atoms with Crippen LogP contribution in [0, 0.1) is 12.7 Å². The van der Waals surface area contributed by atoms with E-state index in [-0.39, 0.29) is 35.5 Å². The minimum absolute atomic E-state index is 0.0383. The summed E-state index contributed by atoms with van der Waals surface area (Å²) in [5, 5.41) is 8.30. The standard InChI is InChI=1S/C28H32FN9O3S/c1-14-35-28(41-18-6-5-16(30)10-18)24(42-14)27(40)36-17-3-2-8-37(12-17)22-11-21(38-23(22)25(31)33-13-34-38)15-4-7-19(26(32)39)20(29)9-15/h4,7,9,11,13,16-18H,2-3,5-6,8,10,12,30H2,1H3,(H2,32,39)(H,36,40)(H2,31,33,34)/t16-,17-,18+/m1/s1. The lowest BCUT2D eigenvalue weighted by Crippen LogP contribution is -2.47. The van der Waals surface area contributed by atoms with Crippen LogP contribution in [0.4, 0.5) is 15.9 Å². The smallest absolute Gasteiger partial charge is 0.267 e. The molecule has 1 saturated heterocycles. The summed E-state index contributed by atoms with van der Waals surface area (Å²) in [6.07, 6.45) is 5.39. The number of piperidine rings is 1. The van der Waals surface area contributed by atoms with Crippen LogP contribution in [0.2, 0.25) is 0 Å². The van der Waals surface area contributed by atoms with Gasteiger partial charge in [-0.15, -0.1) is 11.3 Å². The molecule has 220 valence electrons. The van der Waals surface area contributed by atoms with Gasteiger partial charge in [0.2, 0.25) is 5.88 Å². The molecule has 2 fully saturated rings. The molecule has 6 rings (SSSR count). The first-order chi connectivity index (χ1) is 20.2. The van der Waals surface area contributed by atoms with Crippen molar-refractivity contribution in [3.63, 3.8) is 0 Å². The molecule has 12 nitrogen and oxygen atoms in total. The zero-order chi connectivity index (χ0) is 29.5. The maximum atomic E-state index is 14.7. The van der Waals surface area contributed by atoms with Crippen molar-refractivity contribution in [2.75, 3.05) is 23.7 Å². The number of nitrogens with two attached hydrogens (primary N) is 3. The van der Waals surface area contributed by atoms with Gasteiger partial charge < -0.3 is 32.2 Å². The van der Waals surface area contributed by atoms with Crippen molar-refractivity contribution >= 4 is 40.2 Å². The molecule has 3 aromatic heterocycles. The number of amides is 2. The van der Waals surface area contributed by atoms with Gasteiger partial charge in [-0.2, -0.15) is 5.10 Å². The first-order valence-electron chi connectivity index (χ1n) is 13.9. The van der Waals surface area contributed by atoms with Crippen LogP contribution in [0.3, 0.4) is 0 Å². The lowest BCUT2D eigenvalue weighted by atomic mass is 10.0. The number of hydrogen-bond acceptors (Lipinski definition) is 10. The summed E-state index contributed by atoms with van der Waals surface area (Å²) < 4.78 is 22.4. The summed E-state index contributed by atoms with van der Waals surface area (Å²) in [4.78, 5) is 36.2. The van der Waals surface area contributed by atoms with Crippen molar-refractivity contribution in [2.24, 2.45) is 11.5 Å². The van der Waals surface area contributed by atoms with E-state index in [1.54, 1.807) is 10.6 Å². The van der Waals surface area contributed by atoms with Gasteiger partial charge in [0.1, 0.15) is 23.8 Å². The van der Waals surface area contributed by atoms with Crippen LogP contribution in [0.5, 0.6) is 5.88 Å². The van der Waals surface area contributed by atoms with Crippen LogP contribution < -0.4 is 32.2 Å². The normalized spacial score (nSPS) is 20.6. The number of thiazole rings is 1. The average molecular weight is 594 g/mol. The van der Waals surface area contributed by atoms with Gasteiger partial charge in [-0.1, -0.05) is 6.07 Å². The Morgan fingerprint density at radius 3 is 2.79 bits per heavy atom. The van der Waals surface area contributed by atoms with E-state index in [1.165, 1.54) is 29.8 Å². The molecular formula is C28H32FN9O3S. The number of hydrogen-bond donors (Lipinski definition) is 4. The third kappa shape index (κ3) is 5.34. The van der Waals surface area contributed by atoms with Gasteiger partial charge in [0.15, 0.2) is 10.7 Å². The Balaban J connectivity index is 1.24. The molecule has 3 atom stereocenters. The molecule has 2 aliphatic rings. The first-order valence-corrected chi connectivity index (χ1v) is 14.7. The molecule has 42 heavy (non-hydrogen) atoms. The Kier molecular flexibility index (Phi) is 7.41. The third-order valence-electron chi connectivity index (χ3n) is 7.80. The third-order valence-corrected chi connectivity index (χ3v) is 8.75. The van der Waals surface area contributed by atoms with Crippen LogP contribution in [-0.2, 0) is 0 Å². The molecule has 1 aliphatic carbocycles. The van der Waals surface area contributed by atoms with E-state index >= 15 is 0 Å². The maximum Gasteiger partial charge on any atom is 0.267 e. The molecule has 0 unspecified atom stereocenters. The highest BCUT2D eigenvalue weighted by molar-refractivity contribution is 7.13. The Morgan fingerprint density at radius 2 is 2.05 bits per heavy atom. The lowest BCUT2D eigenvalue weighted by molar-refractivity contribution is 0.0928. The number of rotatable bonds is 7. The molecule has 7 N–H and O–H groups in total. The minimum Gasteiger partial charge on any atom is -0.473 e. The fourth-order valence-electron chi connectivity index (χ4n) is 5.80. The van der Waals surface area contributed by atoms with Crippen LogP contribution in [0.25, 0.3) is 16.8 Å². The van der Waals surface area contributed by atoms with E-state index < -0.39 is 11.7 Å². The molecule has 4 aromatic rings. The van der Waals surface area contributed by atoms with Gasteiger partial charge in [-0.05, 0) is 57.2 Å². The topological polar surface area (TPSA) is 180 Å². The number of carbonyl (C=O) groups excluding carboxylic acids is 2. The van der Waals surface area contributed by atoms with E-state index in [9.17, 15) is 14.0 Å². The van der Waals surface area contributed by atoms with E-state index in [0.29, 0.717) is 40.6 Å². The van der Waals surface area contributed by atoms with Crippen molar-refractivity contribution in [1.82, 2.24) is 24.9 Å². The summed E-state index contributed by atoms with van der Waals surface area (Å²) in [7, 11) is 0. The van der Waals surface area contributed by atoms with Crippen molar-refractivity contribution in [2.45, 2.75) is 57.2 Å². The van der Waals surface area contributed by atoms with E-state index in [1.807, 2.05) is 13.0 Å². The number of nitrogen functional groups attached to an aromatic ring is 1. The number of fused-ring (bicyclic) bond motifs is 1. The van der Waals surface area contributed by atoms with Crippen LogP contribution in [0.15, 0.2) is 30.6 Å². The molecule has 0 bridgehead atoms. The quantitative estimate of drug-likeness (QED) is 0.251. The predicted molar refractivity (Wildman–Crippen MR) is 157 cm³/mol. The SMILES string of the molecule is Cc1nc(O[C@H]2CC[C@@H](N)C2)c(C(=O)N[C@@H]2CCCN(c3cc(-c4ccc(C(N)=O)c(F)c4)n4ncnc(N)c34)C2)s1. The summed E-state index contributed by atoms with van der Waals surface area (Å²) in [6, 6.07) is 6.04. The van der Waals surface area contributed by atoms with Crippen LogP contribution in [0.1, 0.15) is 57.1 Å². The van der Waals surface area contributed by atoms with Gasteiger partial charge in [0, 0.05) is 30.7 Å². The number of halogens is 1. The number of nitrogens with zero attached hydrogens (tertiary/aromatic N) is 5. The number of carbonyl (C=O) groups is 2. The number of benzene rings is 1. The number of anilines is 2. The van der Waals surface area contributed by atoms with Crippen LogP contribution in [-0.4, -0.2) is 62.7 Å². The molecular weight excluding hydrogens is 561 g/mol. The monoisotopic (exact) mass is 593 g/mol. The predicted octanol–water partition coefficient (Wildman–Crippen LogP) is 2.64. The van der Waals surface area contributed by atoms with Crippen LogP contribution >= 0.6 is 11.3 Å². The van der Waals surface area contributed by atoms with Gasteiger partial charge in [-0.25, -0.2) is 18.9 Å². The van der Waals surface area contributed by atoms with Gasteiger partial charge in [0.25, 0.3) is 11.8 Å². The Hall–Kier alpha value is -4.30. The molecule has 2 amide bonds. The molecule has 0 radical (unpaired) electrons. The second-order valence-corrected chi connectivity index (χ2v) is 12.0. The van der Waals surface area contributed by atoms with Crippen molar-refractivity contribution in [3.8, 4) is 17.1 Å². The van der Waals surface area contributed by atoms with Gasteiger partial charge in [0.05, 0.1) is 22.0 Å². The number of primary amides is 1. The van der Waals surface area contributed by atoms with E-state index in [0.717, 1.165) is 42.8 Å². The first kappa shape index (κ1) is 27.8. The number of ether oxygens (including phenoxy) is 1. The van der Waals surface area contributed by atoms with Crippen molar-refractivity contribution < 1.29 is 18.7 Å². The fraction of sp³-hybridized carbons (Fsp3) is 0.393. The summed E-state index contributed by atoms with van der Waals surface area (Å²) >= 11 is 1.31. The Labute approximate surface area is 245 Å². The van der Waals surface area contributed by atoms with E-state index in [4.69, 9.17) is 21.9 Å². The van der Waals surface area contributed by atoms with Crippen molar-refractivity contribution in [3.05, 3.63) is 51.9 Å². The van der Waals surface area contributed by atoms with Gasteiger partial charge in [-0.3, -0.25) is 9.59 Å². The number of nitrogens with one attached hydrogen (secondary N) is 1. The zero-order valence-electron chi connectivity index (χ0n) is 23.0. The second-order valence-electron chi connectivity index (χ2n) is 10.8. The van der Waals surface area contributed by atoms with Gasteiger partial charge >= 0.3 is 0 Å². The average Bonchev–Trinajstić information content (AvgIpc) is 3.65. The highest BCUT2D eigenvalue weighted by Crippen LogP contribution is 2.36. The number of aromatic nitrogens is 4. The second kappa shape index (κ2) is 11.2. The summed E-state index contributed by atoms with van der Waals surface area (Å²) in [5.74, 6) is -1.16. The summed E-state index contributed by atoms with van der Waals surface area (Å²) in [6.45, 7) is 3.08. The molecule has 14 heteroatoms. The number of aryl methyl sites for hydroxylation is 1. The zero-order valence-corrected chi connectivity index (χ0v) is 23.9. The highest BCUT2D eigenvalue weighted by Gasteiger charge is 2.30. The fourth-order valence-corrected chi connectivity index (χ4v) is 6.56.